The summed E-state index contributed by atoms with van der Waals surface area (Å²) in [5, 5.41) is 3.73. The van der Waals surface area contributed by atoms with Crippen LogP contribution in [0.3, 0.4) is 0 Å². The maximum atomic E-state index is 3.73. The third-order valence-corrected chi connectivity index (χ3v) is 4.28. The Bertz CT molecular complexity index is 164. The van der Waals surface area contributed by atoms with Gasteiger partial charge in [-0.15, -0.1) is 0 Å². The topological polar surface area (TPSA) is 15.3 Å². The molecule has 2 nitrogen and oxygen atoms in total. The van der Waals surface area contributed by atoms with E-state index in [-0.39, 0.29) is 0 Å². The van der Waals surface area contributed by atoms with Gasteiger partial charge < -0.3 is 5.32 Å². The zero-order valence-electron chi connectivity index (χ0n) is 11.6. The molecule has 1 fully saturated rings. The van der Waals surface area contributed by atoms with Gasteiger partial charge in [-0.25, -0.2) is 0 Å². The normalized spacial score (nSPS) is 21.6. The molecule has 1 rings (SSSR count). The SMILES string of the molecule is CCN(CC)C(C)CNC(C)C1CCCC1. The fraction of sp³-hybridized carbons (Fsp3) is 1.00. The van der Waals surface area contributed by atoms with Crippen LogP contribution in [0.1, 0.15) is 53.4 Å². The van der Waals surface area contributed by atoms with Crippen molar-refractivity contribution in [1.82, 2.24) is 10.2 Å². The molecule has 2 unspecified atom stereocenters. The molecule has 2 heteroatoms. The van der Waals surface area contributed by atoms with Crippen molar-refractivity contribution >= 4 is 0 Å². The van der Waals surface area contributed by atoms with Crippen LogP contribution in [-0.4, -0.2) is 36.6 Å². The molecule has 1 aliphatic carbocycles. The third kappa shape index (κ3) is 4.06. The molecule has 1 aliphatic rings. The number of hydrogen-bond acceptors (Lipinski definition) is 2. The van der Waals surface area contributed by atoms with Gasteiger partial charge >= 0.3 is 0 Å². The van der Waals surface area contributed by atoms with Crippen LogP contribution in [0.25, 0.3) is 0 Å². The molecule has 16 heavy (non-hydrogen) atoms. The predicted molar refractivity (Wildman–Crippen MR) is 71.8 cm³/mol. The van der Waals surface area contributed by atoms with Crippen LogP contribution in [0.5, 0.6) is 0 Å². The Labute approximate surface area is 102 Å². The molecule has 0 aromatic heterocycles. The number of rotatable bonds is 7. The minimum Gasteiger partial charge on any atom is -0.312 e. The zero-order valence-corrected chi connectivity index (χ0v) is 11.6. The van der Waals surface area contributed by atoms with E-state index in [0.29, 0.717) is 12.1 Å². The average Bonchev–Trinajstić information content (AvgIpc) is 2.81. The van der Waals surface area contributed by atoms with Crippen LogP contribution in [0.2, 0.25) is 0 Å². The van der Waals surface area contributed by atoms with Gasteiger partial charge in [0.2, 0.25) is 0 Å². The van der Waals surface area contributed by atoms with Crippen molar-refractivity contribution in [1.29, 1.82) is 0 Å². The lowest BCUT2D eigenvalue weighted by atomic mass is 9.99. The van der Waals surface area contributed by atoms with Crippen molar-refractivity contribution in [3.63, 3.8) is 0 Å². The molecule has 0 bridgehead atoms. The van der Waals surface area contributed by atoms with E-state index in [4.69, 9.17) is 0 Å². The van der Waals surface area contributed by atoms with E-state index in [2.05, 4.69) is 37.9 Å². The van der Waals surface area contributed by atoms with Gasteiger partial charge in [0, 0.05) is 18.6 Å². The molecule has 0 spiro atoms. The number of hydrogen-bond donors (Lipinski definition) is 1. The van der Waals surface area contributed by atoms with Gasteiger partial charge in [0.05, 0.1) is 0 Å². The number of likely N-dealkylation sites (N-methyl/N-ethyl adjacent to an activating group) is 1. The predicted octanol–water partition coefficient (Wildman–Crippen LogP) is 2.89. The summed E-state index contributed by atoms with van der Waals surface area (Å²) in [5.74, 6) is 0.934. The van der Waals surface area contributed by atoms with Crippen molar-refractivity contribution in [3.05, 3.63) is 0 Å². The van der Waals surface area contributed by atoms with Crippen molar-refractivity contribution in [2.75, 3.05) is 19.6 Å². The standard InChI is InChI=1S/C14H30N2/c1-5-16(6-2)12(3)11-15-13(4)14-9-7-8-10-14/h12-15H,5-11H2,1-4H3. The summed E-state index contributed by atoms with van der Waals surface area (Å²) in [6.07, 6.45) is 5.77. The van der Waals surface area contributed by atoms with E-state index in [0.717, 1.165) is 25.6 Å². The van der Waals surface area contributed by atoms with E-state index in [1.54, 1.807) is 0 Å². The van der Waals surface area contributed by atoms with Crippen LogP contribution in [0.4, 0.5) is 0 Å². The number of nitrogens with zero attached hydrogens (tertiary/aromatic N) is 1. The Kier molecular flexibility index (Phi) is 6.37. The summed E-state index contributed by atoms with van der Waals surface area (Å²) >= 11 is 0. The van der Waals surface area contributed by atoms with Gasteiger partial charge in [-0.05, 0) is 45.7 Å². The highest BCUT2D eigenvalue weighted by atomic mass is 15.2. The maximum Gasteiger partial charge on any atom is 0.0192 e. The van der Waals surface area contributed by atoms with Crippen molar-refractivity contribution in [3.8, 4) is 0 Å². The first-order chi connectivity index (χ1) is 7.69. The fourth-order valence-electron chi connectivity index (χ4n) is 2.96. The highest BCUT2D eigenvalue weighted by Crippen LogP contribution is 2.27. The summed E-state index contributed by atoms with van der Waals surface area (Å²) in [6, 6.07) is 1.37. The Balaban J connectivity index is 2.21. The minimum atomic E-state index is 0.666. The second-order valence-corrected chi connectivity index (χ2v) is 5.31. The van der Waals surface area contributed by atoms with E-state index in [1.165, 1.54) is 25.7 Å². The molecule has 0 radical (unpaired) electrons. The molecule has 0 amide bonds. The molecule has 1 N–H and O–H groups in total. The van der Waals surface area contributed by atoms with Gasteiger partial charge in [-0.2, -0.15) is 0 Å². The second kappa shape index (κ2) is 7.29. The monoisotopic (exact) mass is 226 g/mol. The quantitative estimate of drug-likeness (QED) is 0.718. The Morgan fingerprint density at radius 1 is 1.12 bits per heavy atom. The lowest BCUT2D eigenvalue weighted by Crippen LogP contribution is -2.44. The largest absolute Gasteiger partial charge is 0.312 e. The van der Waals surface area contributed by atoms with E-state index in [1.807, 2.05) is 0 Å². The fourth-order valence-corrected chi connectivity index (χ4v) is 2.96. The summed E-state index contributed by atoms with van der Waals surface area (Å²) in [7, 11) is 0. The molecule has 0 aromatic carbocycles. The smallest absolute Gasteiger partial charge is 0.0192 e. The van der Waals surface area contributed by atoms with E-state index < -0.39 is 0 Å². The Morgan fingerprint density at radius 3 is 2.19 bits per heavy atom. The molecule has 0 aromatic rings. The van der Waals surface area contributed by atoms with Gasteiger partial charge in [0.1, 0.15) is 0 Å². The molecule has 1 saturated carbocycles. The zero-order chi connectivity index (χ0) is 12.0. The van der Waals surface area contributed by atoms with E-state index in [9.17, 15) is 0 Å². The first-order valence-electron chi connectivity index (χ1n) is 7.16. The van der Waals surface area contributed by atoms with Gasteiger partial charge in [-0.3, -0.25) is 4.90 Å². The first-order valence-corrected chi connectivity index (χ1v) is 7.16. The Morgan fingerprint density at radius 2 is 1.69 bits per heavy atom. The molecular weight excluding hydrogens is 196 g/mol. The molecular formula is C14H30N2. The van der Waals surface area contributed by atoms with Crippen molar-refractivity contribution < 1.29 is 0 Å². The molecule has 0 saturated heterocycles. The summed E-state index contributed by atoms with van der Waals surface area (Å²) in [6.45, 7) is 12.7. The first kappa shape index (κ1) is 14.0. The van der Waals surface area contributed by atoms with Crippen molar-refractivity contribution in [2.45, 2.75) is 65.5 Å². The highest BCUT2D eigenvalue weighted by Gasteiger charge is 2.21. The highest BCUT2D eigenvalue weighted by molar-refractivity contribution is 4.79. The van der Waals surface area contributed by atoms with Crippen LogP contribution < -0.4 is 5.32 Å². The van der Waals surface area contributed by atoms with E-state index >= 15 is 0 Å². The van der Waals surface area contributed by atoms with Crippen LogP contribution in [-0.2, 0) is 0 Å². The molecule has 0 aliphatic heterocycles. The molecule has 96 valence electrons. The van der Waals surface area contributed by atoms with Gasteiger partial charge in [0.25, 0.3) is 0 Å². The summed E-state index contributed by atoms with van der Waals surface area (Å²) in [4.78, 5) is 2.52. The molecule has 0 heterocycles. The van der Waals surface area contributed by atoms with Crippen LogP contribution >= 0.6 is 0 Å². The average molecular weight is 226 g/mol. The minimum absolute atomic E-state index is 0.666. The van der Waals surface area contributed by atoms with Crippen LogP contribution in [0.15, 0.2) is 0 Å². The third-order valence-electron chi connectivity index (χ3n) is 4.28. The summed E-state index contributed by atoms with van der Waals surface area (Å²) < 4.78 is 0. The molecule has 2 atom stereocenters. The van der Waals surface area contributed by atoms with Gasteiger partial charge in [-0.1, -0.05) is 26.7 Å². The lowest BCUT2D eigenvalue weighted by Gasteiger charge is -2.29. The summed E-state index contributed by atoms with van der Waals surface area (Å²) in [5.41, 5.74) is 0. The van der Waals surface area contributed by atoms with Crippen molar-refractivity contribution in [2.24, 2.45) is 5.92 Å². The van der Waals surface area contributed by atoms with Crippen LogP contribution in [0, 0.1) is 5.92 Å². The second-order valence-electron chi connectivity index (χ2n) is 5.31. The number of nitrogens with one attached hydrogen (secondary N) is 1. The van der Waals surface area contributed by atoms with Gasteiger partial charge in [0.15, 0.2) is 0 Å². The maximum absolute atomic E-state index is 3.73. The lowest BCUT2D eigenvalue weighted by molar-refractivity contribution is 0.215. The Hall–Kier alpha value is -0.0800.